The van der Waals surface area contributed by atoms with E-state index in [4.69, 9.17) is 5.11 Å². The summed E-state index contributed by atoms with van der Waals surface area (Å²) in [7, 11) is 0. The fraction of sp³-hybridized carbons (Fsp3) is 0.438. The highest BCUT2D eigenvalue weighted by Gasteiger charge is 2.26. The molecule has 0 radical (unpaired) electrons. The van der Waals surface area contributed by atoms with Crippen molar-refractivity contribution in [2.24, 2.45) is 0 Å². The maximum absolute atomic E-state index is 12.3. The van der Waals surface area contributed by atoms with Crippen LogP contribution in [0.15, 0.2) is 34.8 Å². The minimum Gasteiger partial charge on any atom is -0.396 e. The Morgan fingerprint density at radius 3 is 2.85 bits per heavy atom. The van der Waals surface area contributed by atoms with Crippen LogP contribution in [0.25, 0.3) is 6.08 Å². The fourth-order valence-electron chi connectivity index (χ4n) is 2.29. The van der Waals surface area contributed by atoms with Gasteiger partial charge in [-0.1, -0.05) is 28.1 Å². The van der Waals surface area contributed by atoms with E-state index in [1.165, 1.54) is 6.42 Å². The Balaban J connectivity index is 1.99. The van der Waals surface area contributed by atoms with Gasteiger partial charge in [-0.2, -0.15) is 0 Å². The van der Waals surface area contributed by atoms with Gasteiger partial charge in [0, 0.05) is 29.7 Å². The molecule has 1 aliphatic carbocycles. The third-order valence-electron chi connectivity index (χ3n) is 3.62. The molecule has 0 saturated heterocycles. The fourth-order valence-corrected chi connectivity index (χ4v) is 2.70. The highest BCUT2D eigenvalue weighted by atomic mass is 79.9. The number of nitrogens with zero attached hydrogens (tertiary/aromatic N) is 1. The molecule has 0 unspecified atom stereocenters. The summed E-state index contributed by atoms with van der Waals surface area (Å²) in [6.45, 7) is 0.772. The van der Waals surface area contributed by atoms with Gasteiger partial charge in [0.25, 0.3) is 0 Å². The molecular weight excluding hydrogens is 318 g/mol. The summed E-state index contributed by atoms with van der Waals surface area (Å²) >= 11 is 3.42. The van der Waals surface area contributed by atoms with Crippen molar-refractivity contribution < 1.29 is 9.90 Å². The molecule has 3 nitrogen and oxygen atoms in total. The second-order valence-electron chi connectivity index (χ2n) is 5.08. The third-order valence-corrected chi connectivity index (χ3v) is 4.12. The first kappa shape index (κ1) is 15.3. The summed E-state index contributed by atoms with van der Waals surface area (Å²) in [4.78, 5) is 14.2. The molecule has 1 fully saturated rings. The lowest BCUT2D eigenvalue weighted by Crippen LogP contribution is -2.44. The molecule has 0 aliphatic heterocycles. The summed E-state index contributed by atoms with van der Waals surface area (Å²) in [6.07, 6.45) is 7.49. The highest BCUT2D eigenvalue weighted by molar-refractivity contribution is 9.10. The van der Waals surface area contributed by atoms with Crippen LogP contribution in [0.3, 0.4) is 0 Å². The Labute approximate surface area is 128 Å². The van der Waals surface area contributed by atoms with Gasteiger partial charge in [-0.3, -0.25) is 4.79 Å². The molecule has 4 heteroatoms. The van der Waals surface area contributed by atoms with E-state index in [0.29, 0.717) is 19.0 Å². The predicted octanol–water partition coefficient (Wildman–Crippen LogP) is 3.23. The molecule has 1 aliphatic rings. The molecule has 108 valence electrons. The quantitative estimate of drug-likeness (QED) is 0.809. The van der Waals surface area contributed by atoms with Gasteiger partial charge in [-0.05, 0) is 49.5 Å². The summed E-state index contributed by atoms with van der Waals surface area (Å²) in [5.74, 6) is 0.0446. The first-order valence-corrected chi connectivity index (χ1v) is 7.85. The standard InChI is InChI=1S/C16H20BrNO2/c17-14-5-1-4-13(12-14)8-9-16(20)18(10-3-11-19)15-6-2-7-15/h1,4-5,8-9,12,15,19H,2-3,6-7,10-11H2/b9-8+. The molecule has 1 N–H and O–H groups in total. The number of aliphatic hydroxyl groups is 1. The average Bonchev–Trinajstić information content (AvgIpc) is 2.38. The van der Waals surface area contributed by atoms with E-state index >= 15 is 0 Å². The van der Waals surface area contributed by atoms with Crippen LogP contribution in [-0.2, 0) is 4.79 Å². The SMILES string of the molecule is O=C(/C=C/c1cccc(Br)c1)N(CCCO)C1CCC1. The summed E-state index contributed by atoms with van der Waals surface area (Å²) in [6, 6.07) is 8.22. The first-order chi connectivity index (χ1) is 9.70. The Hall–Kier alpha value is -1.13. The molecule has 2 rings (SSSR count). The maximum atomic E-state index is 12.3. The van der Waals surface area contributed by atoms with Crippen molar-refractivity contribution in [1.29, 1.82) is 0 Å². The number of benzene rings is 1. The van der Waals surface area contributed by atoms with Crippen molar-refractivity contribution in [1.82, 2.24) is 4.90 Å². The van der Waals surface area contributed by atoms with Crippen LogP contribution in [-0.4, -0.2) is 35.1 Å². The van der Waals surface area contributed by atoms with Crippen molar-refractivity contribution in [3.8, 4) is 0 Å². The Bertz CT molecular complexity index is 483. The number of aliphatic hydroxyl groups excluding tert-OH is 1. The predicted molar refractivity (Wildman–Crippen MR) is 84.2 cm³/mol. The van der Waals surface area contributed by atoms with Crippen molar-refractivity contribution in [2.45, 2.75) is 31.7 Å². The maximum Gasteiger partial charge on any atom is 0.246 e. The van der Waals surface area contributed by atoms with Crippen LogP contribution in [0.1, 0.15) is 31.2 Å². The highest BCUT2D eigenvalue weighted by Crippen LogP contribution is 2.25. The molecule has 0 spiro atoms. The van der Waals surface area contributed by atoms with Gasteiger partial charge in [0.15, 0.2) is 0 Å². The van der Waals surface area contributed by atoms with E-state index in [9.17, 15) is 4.79 Å². The Morgan fingerprint density at radius 1 is 1.45 bits per heavy atom. The number of hydrogen-bond donors (Lipinski definition) is 1. The molecular formula is C16H20BrNO2. The first-order valence-electron chi connectivity index (χ1n) is 7.06. The zero-order valence-corrected chi connectivity index (χ0v) is 13.1. The molecule has 0 atom stereocenters. The van der Waals surface area contributed by atoms with Gasteiger partial charge >= 0.3 is 0 Å². The lowest BCUT2D eigenvalue weighted by Gasteiger charge is -2.37. The van der Waals surface area contributed by atoms with Crippen LogP contribution < -0.4 is 0 Å². The van der Waals surface area contributed by atoms with Crippen LogP contribution in [0, 0.1) is 0 Å². The van der Waals surface area contributed by atoms with E-state index in [-0.39, 0.29) is 12.5 Å². The molecule has 1 aromatic carbocycles. The number of carbonyl (C=O) groups excluding carboxylic acids is 1. The van der Waals surface area contributed by atoms with Gasteiger partial charge in [0.1, 0.15) is 0 Å². The van der Waals surface area contributed by atoms with Gasteiger partial charge in [0.05, 0.1) is 0 Å². The smallest absolute Gasteiger partial charge is 0.246 e. The van der Waals surface area contributed by atoms with Crippen LogP contribution in [0.2, 0.25) is 0 Å². The second kappa shape index (κ2) is 7.60. The Kier molecular flexibility index (Phi) is 5.80. The normalized spacial score (nSPS) is 15.3. The molecule has 20 heavy (non-hydrogen) atoms. The zero-order chi connectivity index (χ0) is 14.4. The van der Waals surface area contributed by atoms with Crippen LogP contribution in [0.5, 0.6) is 0 Å². The largest absolute Gasteiger partial charge is 0.396 e. The molecule has 0 heterocycles. The number of hydrogen-bond acceptors (Lipinski definition) is 2. The van der Waals surface area contributed by atoms with E-state index in [0.717, 1.165) is 22.9 Å². The van der Waals surface area contributed by atoms with Gasteiger partial charge in [0.2, 0.25) is 5.91 Å². The summed E-state index contributed by atoms with van der Waals surface area (Å²) in [5.41, 5.74) is 1.00. The number of halogens is 1. The average molecular weight is 338 g/mol. The number of carbonyl (C=O) groups is 1. The van der Waals surface area contributed by atoms with Gasteiger partial charge < -0.3 is 10.0 Å². The molecule has 0 aromatic heterocycles. The van der Waals surface area contributed by atoms with E-state index in [1.54, 1.807) is 6.08 Å². The van der Waals surface area contributed by atoms with Gasteiger partial charge in [-0.15, -0.1) is 0 Å². The van der Waals surface area contributed by atoms with E-state index < -0.39 is 0 Å². The minimum atomic E-state index is 0.0446. The molecule has 1 amide bonds. The van der Waals surface area contributed by atoms with Gasteiger partial charge in [-0.25, -0.2) is 0 Å². The lowest BCUT2D eigenvalue weighted by molar-refractivity contribution is -0.130. The lowest BCUT2D eigenvalue weighted by atomic mass is 9.91. The number of rotatable bonds is 6. The molecule has 1 saturated carbocycles. The van der Waals surface area contributed by atoms with Crippen molar-refractivity contribution in [3.63, 3.8) is 0 Å². The molecule has 1 aromatic rings. The van der Waals surface area contributed by atoms with E-state index in [2.05, 4.69) is 15.9 Å². The second-order valence-corrected chi connectivity index (χ2v) is 6.00. The van der Waals surface area contributed by atoms with Crippen LogP contribution >= 0.6 is 15.9 Å². The van der Waals surface area contributed by atoms with Crippen LogP contribution in [0.4, 0.5) is 0 Å². The summed E-state index contributed by atoms with van der Waals surface area (Å²) < 4.78 is 1.00. The van der Waals surface area contributed by atoms with E-state index in [1.807, 2.05) is 35.2 Å². The van der Waals surface area contributed by atoms with Crippen molar-refractivity contribution in [2.75, 3.05) is 13.2 Å². The topological polar surface area (TPSA) is 40.5 Å². The van der Waals surface area contributed by atoms with Crippen molar-refractivity contribution in [3.05, 3.63) is 40.4 Å². The molecule has 0 bridgehead atoms. The monoisotopic (exact) mass is 337 g/mol. The Morgan fingerprint density at radius 2 is 2.25 bits per heavy atom. The minimum absolute atomic E-state index is 0.0446. The third kappa shape index (κ3) is 4.18. The number of amides is 1. The summed E-state index contributed by atoms with van der Waals surface area (Å²) in [5, 5.41) is 8.95. The van der Waals surface area contributed by atoms with Crippen molar-refractivity contribution >= 4 is 27.9 Å². The zero-order valence-electron chi connectivity index (χ0n) is 11.5.